The van der Waals surface area contributed by atoms with Crippen LogP contribution in [-0.4, -0.2) is 59.6 Å². The number of carbonyl (C=O) groups excluding carboxylic acids is 2. The minimum atomic E-state index is -0.666. The molecule has 2 amide bonds. The Kier molecular flexibility index (Phi) is 3.94. The summed E-state index contributed by atoms with van der Waals surface area (Å²) in [5.74, 6) is -0.593. The van der Waals surface area contributed by atoms with E-state index in [4.69, 9.17) is 5.73 Å². The molecule has 19 heavy (non-hydrogen) atoms. The number of aliphatic hydroxyl groups is 1. The second-order valence-electron chi connectivity index (χ2n) is 4.65. The van der Waals surface area contributed by atoms with Gasteiger partial charge in [0.25, 0.3) is 11.8 Å². The summed E-state index contributed by atoms with van der Waals surface area (Å²) in [5.41, 5.74) is 6.19. The van der Waals surface area contributed by atoms with Gasteiger partial charge in [0.1, 0.15) is 0 Å². The maximum absolute atomic E-state index is 12.1. The van der Waals surface area contributed by atoms with Crippen LogP contribution in [0.25, 0.3) is 0 Å². The predicted octanol–water partition coefficient (Wildman–Crippen LogP) is -0.508. The van der Waals surface area contributed by atoms with Crippen LogP contribution in [0, 0.1) is 0 Å². The van der Waals surface area contributed by atoms with Crippen molar-refractivity contribution in [1.82, 2.24) is 9.80 Å². The van der Waals surface area contributed by atoms with Gasteiger partial charge in [-0.25, -0.2) is 0 Å². The Morgan fingerprint density at radius 2 is 1.79 bits per heavy atom. The van der Waals surface area contributed by atoms with Crippen molar-refractivity contribution in [3.8, 4) is 0 Å². The van der Waals surface area contributed by atoms with Crippen LogP contribution in [0.4, 0.5) is 0 Å². The summed E-state index contributed by atoms with van der Waals surface area (Å²) in [5, 5.41) is 9.45. The van der Waals surface area contributed by atoms with Crippen molar-refractivity contribution in [3.63, 3.8) is 0 Å². The highest BCUT2D eigenvalue weighted by molar-refractivity contribution is 6.21. The molecule has 1 heterocycles. The van der Waals surface area contributed by atoms with Gasteiger partial charge in [0.05, 0.1) is 23.9 Å². The second kappa shape index (κ2) is 5.48. The Morgan fingerprint density at radius 1 is 1.26 bits per heavy atom. The van der Waals surface area contributed by atoms with E-state index in [-0.39, 0.29) is 25.0 Å². The molecule has 1 aromatic carbocycles. The van der Waals surface area contributed by atoms with Crippen LogP contribution in [0.2, 0.25) is 0 Å². The molecule has 0 radical (unpaired) electrons. The topological polar surface area (TPSA) is 86.9 Å². The van der Waals surface area contributed by atoms with E-state index in [0.717, 1.165) is 0 Å². The van der Waals surface area contributed by atoms with Crippen LogP contribution in [-0.2, 0) is 0 Å². The second-order valence-corrected chi connectivity index (χ2v) is 4.65. The van der Waals surface area contributed by atoms with Gasteiger partial charge < -0.3 is 10.8 Å². The molecule has 1 aromatic rings. The smallest absolute Gasteiger partial charge is 0.262 e. The van der Waals surface area contributed by atoms with E-state index in [9.17, 15) is 14.7 Å². The Morgan fingerprint density at radius 3 is 2.26 bits per heavy atom. The molecule has 0 saturated heterocycles. The zero-order chi connectivity index (χ0) is 14.0. The Hall–Kier alpha value is -1.76. The van der Waals surface area contributed by atoms with E-state index in [1.165, 1.54) is 4.90 Å². The number of carbonyl (C=O) groups is 2. The molecule has 0 saturated carbocycles. The molecule has 2 rings (SSSR count). The third-order valence-electron chi connectivity index (χ3n) is 3.06. The molecule has 6 nitrogen and oxygen atoms in total. The quantitative estimate of drug-likeness (QED) is 0.699. The van der Waals surface area contributed by atoms with Crippen LogP contribution >= 0.6 is 0 Å². The molecule has 6 heteroatoms. The summed E-state index contributed by atoms with van der Waals surface area (Å²) in [4.78, 5) is 27.0. The van der Waals surface area contributed by atoms with Gasteiger partial charge in [-0.3, -0.25) is 19.4 Å². The maximum Gasteiger partial charge on any atom is 0.262 e. The first-order valence-electron chi connectivity index (χ1n) is 6.06. The van der Waals surface area contributed by atoms with Crippen LogP contribution in [0.5, 0.6) is 0 Å². The predicted molar refractivity (Wildman–Crippen MR) is 69.5 cm³/mol. The monoisotopic (exact) mass is 263 g/mol. The van der Waals surface area contributed by atoms with Crippen molar-refractivity contribution in [2.75, 3.05) is 26.8 Å². The van der Waals surface area contributed by atoms with Gasteiger partial charge in [0.2, 0.25) is 0 Å². The standard InChI is InChI=1S/C13H17N3O3/c1-15(7-9(17)6-14)8-16-12(18)10-4-2-3-5-11(10)13(16)19/h2-5,9,17H,6-8,14H2,1H3. The van der Waals surface area contributed by atoms with Gasteiger partial charge in [0, 0.05) is 13.1 Å². The van der Waals surface area contributed by atoms with Gasteiger partial charge in [0.15, 0.2) is 0 Å². The molecule has 0 aromatic heterocycles. The number of rotatable bonds is 5. The van der Waals surface area contributed by atoms with E-state index in [2.05, 4.69) is 0 Å². The molecule has 1 atom stereocenters. The lowest BCUT2D eigenvalue weighted by Gasteiger charge is -2.24. The Labute approximate surface area is 111 Å². The zero-order valence-electron chi connectivity index (χ0n) is 10.7. The maximum atomic E-state index is 12.1. The molecule has 0 bridgehead atoms. The third kappa shape index (κ3) is 2.65. The van der Waals surface area contributed by atoms with E-state index >= 15 is 0 Å². The minimum Gasteiger partial charge on any atom is -0.390 e. The molecular weight excluding hydrogens is 246 g/mol. The molecule has 1 unspecified atom stereocenters. The van der Waals surface area contributed by atoms with Crippen molar-refractivity contribution in [2.45, 2.75) is 6.10 Å². The van der Waals surface area contributed by atoms with E-state index in [1.807, 2.05) is 0 Å². The summed E-state index contributed by atoms with van der Waals surface area (Å²) in [7, 11) is 1.72. The van der Waals surface area contributed by atoms with Gasteiger partial charge in [-0.1, -0.05) is 12.1 Å². The van der Waals surface area contributed by atoms with Gasteiger partial charge in [-0.2, -0.15) is 0 Å². The number of hydrogen-bond donors (Lipinski definition) is 2. The van der Waals surface area contributed by atoms with E-state index < -0.39 is 6.10 Å². The summed E-state index contributed by atoms with van der Waals surface area (Å²) >= 11 is 0. The van der Waals surface area contributed by atoms with Crippen molar-refractivity contribution in [2.24, 2.45) is 5.73 Å². The normalized spacial score (nSPS) is 16.1. The molecule has 3 N–H and O–H groups in total. The molecule has 0 spiro atoms. The van der Waals surface area contributed by atoms with Crippen molar-refractivity contribution in [3.05, 3.63) is 35.4 Å². The lowest BCUT2D eigenvalue weighted by Crippen LogP contribution is -2.43. The number of hydrogen-bond acceptors (Lipinski definition) is 5. The average Bonchev–Trinajstić information content (AvgIpc) is 2.64. The first-order valence-corrected chi connectivity index (χ1v) is 6.06. The Bertz CT molecular complexity index is 469. The van der Waals surface area contributed by atoms with E-state index in [0.29, 0.717) is 17.7 Å². The fourth-order valence-electron chi connectivity index (χ4n) is 2.10. The largest absolute Gasteiger partial charge is 0.390 e. The number of fused-ring (bicyclic) bond motifs is 1. The molecule has 0 aliphatic carbocycles. The number of amides is 2. The van der Waals surface area contributed by atoms with Crippen LogP contribution < -0.4 is 5.73 Å². The SMILES string of the molecule is CN(CC(O)CN)CN1C(=O)c2ccccc2C1=O. The average molecular weight is 263 g/mol. The summed E-state index contributed by atoms with van der Waals surface area (Å²) < 4.78 is 0. The molecule has 102 valence electrons. The fraction of sp³-hybridized carbons (Fsp3) is 0.385. The van der Waals surface area contributed by atoms with E-state index in [1.54, 1.807) is 36.2 Å². The van der Waals surface area contributed by atoms with Crippen molar-refractivity contribution in [1.29, 1.82) is 0 Å². The number of benzene rings is 1. The lowest BCUT2D eigenvalue weighted by atomic mass is 10.1. The highest BCUT2D eigenvalue weighted by atomic mass is 16.3. The summed E-state index contributed by atoms with van der Waals surface area (Å²) in [6, 6.07) is 6.75. The van der Waals surface area contributed by atoms with Crippen LogP contribution in [0.15, 0.2) is 24.3 Å². The summed E-state index contributed by atoms with van der Waals surface area (Å²) in [6.45, 7) is 0.597. The number of imide groups is 1. The zero-order valence-corrected chi connectivity index (χ0v) is 10.7. The number of nitrogens with zero attached hydrogens (tertiary/aromatic N) is 2. The summed E-state index contributed by atoms with van der Waals surface area (Å²) in [6.07, 6.45) is -0.666. The lowest BCUT2D eigenvalue weighted by molar-refractivity contribution is 0.0505. The van der Waals surface area contributed by atoms with Crippen molar-refractivity contribution < 1.29 is 14.7 Å². The molecular formula is C13H17N3O3. The highest BCUT2D eigenvalue weighted by Crippen LogP contribution is 2.22. The number of likely N-dealkylation sites (N-methyl/N-ethyl adjacent to an activating group) is 1. The fourth-order valence-corrected chi connectivity index (χ4v) is 2.10. The van der Waals surface area contributed by atoms with Crippen LogP contribution in [0.1, 0.15) is 20.7 Å². The molecule has 1 aliphatic heterocycles. The first-order chi connectivity index (χ1) is 9.04. The van der Waals surface area contributed by atoms with Crippen LogP contribution in [0.3, 0.4) is 0 Å². The van der Waals surface area contributed by atoms with Crippen molar-refractivity contribution >= 4 is 11.8 Å². The molecule has 1 aliphatic rings. The van der Waals surface area contributed by atoms with Gasteiger partial charge >= 0.3 is 0 Å². The van der Waals surface area contributed by atoms with Gasteiger partial charge in [-0.15, -0.1) is 0 Å². The number of aliphatic hydroxyl groups excluding tert-OH is 1. The minimum absolute atomic E-state index is 0.142. The third-order valence-corrected chi connectivity index (χ3v) is 3.06. The highest BCUT2D eigenvalue weighted by Gasteiger charge is 2.35. The number of nitrogens with two attached hydrogens (primary N) is 1. The Balaban J connectivity index is 2.08. The molecule has 0 fully saturated rings. The first kappa shape index (κ1) is 13.7. The van der Waals surface area contributed by atoms with Gasteiger partial charge in [-0.05, 0) is 19.2 Å².